The zero-order valence-corrected chi connectivity index (χ0v) is 16.1. The molecule has 2 aromatic rings. The molecule has 0 radical (unpaired) electrons. The molecule has 1 N–H and O–H groups in total. The average Bonchev–Trinajstić information content (AvgIpc) is 3.44. The quantitative estimate of drug-likeness (QED) is 0.831. The second-order valence-electron chi connectivity index (χ2n) is 7.64. The van der Waals surface area contributed by atoms with Crippen molar-refractivity contribution in [3.63, 3.8) is 0 Å². The molecule has 1 aromatic heterocycles. The topological polar surface area (TPSA) is 71.8 Å². The van der Waals surface area contributed by atoms with Gasteiger partial charge in [-0.25, -0.2) is 0 Å². The fourth-order valence-electron chi connectivity index (χ4n) is 3.89. The van der Waals surface area contributed by atoms with Crippen molar-refractivity contribution in [2.45, 2.75) is 31.7 Å². The summed E-state index contributed by atoms with van der Waals surface area (Å²) in [6.07, 6.45) is 5.15. The van der Waals surface area contributed by atoms with Crippen molar-refractivity contribution < 1.29 is 18.7 Å². The van der Waals surface area contributed by atoms with E-state index in [0.717, 1.165) is 24.2 Å². The van der Waals surface area contributed by atoms with Crippen molar-refractivity contribution in [2.75, 3.05) is 20.2 Å². The number of piperidine rings is 1. The van der Waals surface area contributed by atoms with Crippen LogP contribution in [0.25, 0.3) is 0 Å². The third-order valence-corrected chi connectivity index (χ3v) is 5.75. The molecule has 1 atom stereocenters. The average molecular weight is 382 g/mol. The maximum Gasteiger partial charge on any atom is 0.289 e. The van der Waals surface area contributed by atoms with Gasteiger partial charge in [0, 0.05) is 19.0 Å². The van der Waals surface area contributed by atoms with Crippen LogP contribution >= 0.6 is 0 Å². The van der Waals surface area contributed by atoms with Crippen LogP contribution in [0.5, 0.6) is 5.75 Å². The Kier molecular flexibility index (Phi) is 5.37. The van der Waals surface area contributed by atoms with Crippen LogP contribution in [-0.2, 0) is 4.79 Å². The molecule has 0 bridgehead atoms. The van der Waals surface area contributed by atoms with Crippen LogP contribution in [0.2, 0.25) is 0 Å². The first-order valence-electron chi connectivity index (χ1n) is 9.93. The number of carbonyl (C=O) groups is 2. The Morgan fingerprint density at radius 1 is 1.11 bits per heavy atom. The summed E-state index contributed by atoms with van der Waals surface area (Å²) in [5, 5.41) is 3.27. The van der Waals surface area contributed by atoms with Gasteiger partial charge in [0.2, 0.25) is 5.91 Å². The minimum Gasteiger partial charge on any atom is -0.497 e. The van der Waals surface area contributed by atoms with Crippen molar-refractivity contribution in [2.24, 2.45) is 11.8 Å². The van der Waals surface area contributed by atoms with Crippen LogP contribution in [-0.4, -0.2) is 36.9 Å². The molecule has 4 rings (SSSR count). The van der Waals surface area contributed by atoms with Crippen molar-refractivity contribution in [3.05, 3.63) is 54.0 Å². The van der Waals surface area contributed by atoms with Crippen molar-refractivity contribution >= 4 is 11.8 Å². The Hall–Kier alpha value is -2.76. The van der Waals surface area contributed by atoms with Gasteiger partial charge in [-0.2, -0.15) is 0 Å². The predicted molar refractivity (Wildman–Crippen MR) is 104 cm³/mol. The van der Waals surface area contributed by atoms with Crippen LogP contribution in [0.1, 0.15) is 47.8 Å². The maximum atomic E-state index is 12.9. The minimum absolute atomic E-state index is 0.0554. The molecule has 6 nitrogen and oxygen atoms in total. The number of nitrogens with one attached hydrogen (secondary N) is 1. The van der Waals surface area contributed by atoms with Crippen molar-refractivity contribution in [1.82, 2.24) is 10.2 Å². The highest BCUT2D eigenvalue weighted by molar-refractivity contribution is 5.91. The fraction of sp³-hybridized carbons (Fsp3) is 0.455. The predicted octanol–water partition coefficient (Wildman–Crippen LogP) is 3.41. The van der Waals surface area contributed by atoms with Gasteiger partial charge >= 0.3 is 0 Å². The number of rotatable bonds is 6. The standard InChI is InChI=1S/C22H26N2O4/c1-27-18-8-6-16(7-9-18)20(15-4-5-15)23-21(25)17-10-12-24(13-11-17)22(26)19-3-2-14-28-19/h2-3,6-9,14-15,17,20H,4-5,10-13H2,1H3,(H,23,25). The largest absolute Gasteiger partial charge is 0.497 e. The number of methoxy groups -OCH3 is 1. The fourth-order valence-corrected chi connectivity index (χ4v) is 3.89. The van der Waals surface area contributed by atoms with E-state index in [1.165, 1.54) is 6.26 Å². The summed E-state index contributed by atoms with van der Waals surface area (Å²) in [4.78, 5) is 27.0. The van der Waals surface area contributed by atoms with Gasteiger partial charge in [-0.05, 0) is 61.4 Å². The van der Waals surface area contributed by atoms with E-state index < -0.39 is 0 Å². The van der Waals surface area contributed by atoms with Crippen LogP contribution in [0.4, 0.5) is 0 Å². The van der Waals surface area contributed by atoms with E-state index in [2.05, 4.69) is 5.32 Å². The molecule has 148 valence electrons. The van der Waals surface area contributed by atoms with Gasteiger partial charge in [0.05, 0.1) is 19.4 Å². The second-order valence-corrected chi connectivity index (χ2v) is 7.64. The zero-order valence-electron chi connectivity index (χ0n) is 16.1. The van der Waals surface area contributed by atoms with Crippen molar-refractivity contribution in [1.29, 1.82) is 0 Å². The highest BCUT2D eigenvalue weighted by Crippen LogP contribution is 2.41. The Balaban J connectivity index is 1.34. The normalized spacial score (nSPS) is 18.5. The van der Waals surface area contributed by atoms with E-state index >= 15 is 0 Å². The molecular formula is C22H26N2O4. The van der Waals surface area contributed by atoms with Crippen LogP contribution in [0.3, 0.4) is 0 Å². The highest BCUT2D eigenvalue weighted by Gasteiger charge is 2.36. The molecule has 2 heterocycles. The molecular weight excluding hydrogens is 356 g/mol. The summed E-state index contributed by atoms with van der Waals surface area (Å²) in [7, 11) is 1.65. The van der Waals surface area contributed by atoms with Gasteiger partial charge < -0.3 is 19.4 Å². The molecule has 2 fully saturated rings. The lowest BCUT2D eigenvalue weighted by Gasteiger charge is -2.32. The summed E-state index contributed by atoms with van der Waals surface area (Å²) >= 11 is 0. The molecule has 1 saturated heterocycles. The number of benzene rings is 1. The molecule has 28 heavy (non-hydrogen) atoms. The molecule has 6 heteroatoms. The van der Waals surface area contributed by atoms with E-state index in [0.29, 0.717) is 37.6 Å². The molecule has 0 spiro atoms. The lowest BCUT2D eigenvalue weighted by molar-refractivity contribution is -0.127. The lowest BCUT2D eigenvalue weighted by atomic mass is 9.94. The molecule has 1 unspecified atom stereocenters. The molecule has 2 amide bonds. The Labute approximate surface area is 164 Å². The summed E-state index contributed by atoms with van der Waals surface area (Å²) in [5.74, 6) is 1.63. The van der Waals surface area contributed by atoms with E-state index in [9.17, 15) is 9.59 Å². The Morgan fingerprint density at radius 3 is 2.39 bits per heavy atom. The molecule has 1 aromatic carbocycles. The molecule has 1 aliphatic heterocycles. The van der Waals surface area contributed by atoms with Gasteiger partial charge in [-0.15, -0.1) is 0 Å². The zero-order chi connectivity index (χ0) is 19.5. The summed E-state index contributed by atoms with van der Waals surface area (Å²) in [6, 6.07) is 11.4. The first kappa shape index (κ1) is 18.6. The van der Waals surface area contributed by atoms with Gasteiger partial charge in [-0.1, -0.05) is 12.1 Å². The SMILES string of the molecule is COc1ccc(C(NC(=O)C2CCN(C(=O)c3ccco3)CC2)C2CC2)cc1. The third-order valence-electron chi connectivity index (χ3n) is 5.75. The lowest BCUT2D eigenvalue weighted by Crippen LogP contribution is -2.44. The number of hydrogen-bond donors (Lipinski definition) is 1. The number of furan rings is 1. The van der Waals surface area contributed by atoms with Gasteiger partial charge in [0.15, 0.2) is 5.76 Å². The van der Waals surface area contributed by atoms with E-state index in [4.69, 9.17) is 9.15 Å². The summed E-state index contributed by atoms with van der Waals surface area (Å²) in [5.41, 5.74) is 1.13. The van der Waals surface area contributed by atoms with Gasteiger partial charge in [0.25, 0.3) is 5.91 Å². The third kappa shape index (κ3) is 4.06. The number of ether oxygens (including phenoxy) is 1. The first-order chi connectivity index (χ1) is 13.7. The highest BCUT2D eigenvalue weighted by atomic mass is 16.5. The Bertz CT molecular complexity index is 804. The summed E-state index contributed by atoms with van der Waals surface area (Å²) in [6.45, 7) is 1.16. The monoisotopic (exact) mass is 382 g/mol. The summed E-state index contributed by atoms with van der Waals surface area (Å²) < 4.78 is 10.4. The number of hydrogen-bond acceptors (Lipinski definition) is 4. The minimum atomic E-state index is -0.0991. The number of carbonyl (C=O) groups excluding carboxylic acids is 2. The van der Waals surface area contributed by atoms with E-state index in [1.54, 1.807) is 24.1 Å². The first-order valence-corrected chi connectivity index (χ1v) is 9.93. The maximum absolute atomic E-state index is 12.9. The van der Waals surface area contributed by atoms with E-state index in [1.807, 2.05) is 24.3 Å². The van der Waals surface area contributed by atoms with Crippen LogP contribution < -0.4 is 10.1 Å². The number of amides is 2. The number of nitrogens with zero attached hydrogens (tertiary/aromatic N) is 1. The smallest absolute Gasteiger partial charge is 0.289 e. The van der Waals surface area contributed by atoms with E-state index in [-0.39, 0.29) is 23.8 Å². The van der Waals surface area contributed by atoms with Gasteiger partial charge in [0.1, 0.15) is 5.75 Å². The Morgan fingerprint density at radius 2 is 1.82 bits per heavy atom. The van der Waals surface area contributed by atoms with Gasteiger partial charge in [-0.3, -0.25) is 9.59 Å². The van der Waals surface area contributed by atoms with Crippen LogP contribution in [0, 0.1) is 11.8 Å². The number of likely N-dealkylation sites (tertiary alicyclic amines) is 1. The van der Waals surface area contributed by atoms with Crippen LogP contribution in [0.15, 0.2) is 47.1 Å². The molecule has 1 saturated carbocycles. The molecule has 2 aliphatic rings. The van der Waals surface area contributed by atoms with Crippen molar-refractivity contribution in [3.8, 4) is 5.75 Å². The molecule has 1 aliphatic carbocycles. The second kappa shape index (κ2) is 8.09.